The first-order valence-electron chi connectivity index (χ1n) is 10.6. The molecular weight excluding hydrogens is 428 g/mol. The number of phenols is 1. The Balaban J connectivity index is 0.000000569. The number of phenolic OH excluding ortho intramolecular Hbond substituents is 1. The Kier molecular flexibility index (Phi) is 9.68. The Labute approximate surface area is 192 Å². The molecule has 1 atom stereocenters. The number of carbonyl (C=O) groups excluding carboxylic acids is 1. The van der Waals surface area contributed by atoms with Gasteiger partial charge in [0.25, 0.3) is 0 Å². The maximum absolute atomic E-state index is 12.6. The van der Waals surface area contributed by atoms with Crippen LogP contribution in [0, 0.1) is 5.92 Å². The standard InChI is InChI=1S/C22H28N2O3.C2H2O4/c1-16(17-7-4-3-5-8-17)23-22(26)18-11-13-24(14-12-18)15-19-9-6-10-20(27-2)21(19)25;3-1(4)2(5)6/h3-10,16,18,25H,11-15H2,1-2H3,(H,23,26);(H,3,4)(H,5,6). The van der Waals surface area contributed by atoms with Crippen LogP contribution in [0.15, 0.2) is 48.5 Å². The number of nitrogens with one attached hydrogen (secondary N) is 1. The van der Waals surface area contributed by atoms with Crippen molar-refractivity contribution < 1.29 is 34.4 Å². The van der Waals surface area contributed by atoms with Gasteiger partial charge in [-0.1, -0.05) is 42.5 Å². The van der Waals surface area contributed by atoms with Crippen LogP contribution in [0.1, 0.15) is 36.9 Å². The monoisotopic (exact) mass is 458 g/mol. The van der Waals surface area contributed by atoms with E-state index in [1.807, 2.05) is 49.4 Å². The Morgan fingerprint density at radius 2 is 1.64 bits per heavy atom. The number of para-hydroxylation sites is 1. The van der Waals surface area contributed by atoms with Crippen LogP contribution in [-0.4, -0.2) is 58.3 Å². The van der Waals surface area contributed by atoms with Crippen molar-refractivity contribution in [1.29, 1.82) is 0 Å². The molecule has 33 heavy (non-hydrogen) atoms. The molecule has 1 aliphatic rings. The van der Waals surface area contributed by atoms with Gasteiger partial charge in [-0.3, -0.25) is 9.69 Å². The third kappa shape index (κ3) is 7.80. The molecule has 1 amide bonds. The molecule has 1 fully saturated rings. The third-order valence-electron chi connectivity index (χ3n) is 5.50. The van der Waals surface area contributed by atoms with E-state index >= 15 is 0 Å². The van der Waals surface area contributed by atoms with Gasteiger partial charge in [0.05, 0.1) is 13.2 Å². The summed E-state index contributed by atoms with van der Waals surface area (Å²) in [6.07, 6.45) is 1.66. The highest BCUT2D eigenvalue weighted by atomic mass is 16.5. The van der Waals surface area contributed by atoms with Gasteiger partial charge in [0, 0.05) is 18.0 Å². The van der Waals surface area contributed by atoms with Gasteiger partial charge in [0.2, 0.25) is 5.91 Å². The highest BCUT2D eigenvalue weighted by Gasteiger charge is 2.26. The largest absolute Gasteiger partial charge is 0.504 e. The summed E-state index contributed by atoms with van der Waals surface area (Å²) in [5.41, 5.74) is 1.98. The average Bonchev–Trinajstić information content (AvgIpc) is 2.81. The number of piperidine rings is 1. The van der Waals surface area contributed by atoms with E-state index in [2.05, 4.69) is 10.2 Å². The van der Waals surface area contributed by atoms with Gasteiger partial charge < -0.3 is 25.4 Å². The lowest BCUT2D eigenvalue weighted by atomic mass is 9.94. The molecule has 1 heterocycles. The second kappa shape index (κ2) is 12.4. The molecule has 0 bridgehead atoms. The molecule has 3 rings (SSSR count). The fraction of sp³-hybridized carbons (Fsp3) is 0.375. The summed E-state index contributed by atoms with van der Waals surface area (Å²) in [5, 5.41) is 28.2. The van der Waals surface area contributed by atoms with Crippen molar-refractivity contribution >= 4 is 17.8 Å². The molecule has 4 N–H and O–H groups in total. The maximum atomic E-state index is 12.6. The number of aliphatic carboxylic acids is 2. The number of likely N-dealkylation sites (tertiary alicyclic amines) is 1. The molecule has 9 heteroatoms. The minimum Gasteiger partial charge on any atom is -0.504 e. The summed E-state index contributed by atoms with van der Waals surface area (Å²) in [5.74, 6) is -2.76. The summed E-state index contributed by atoms with van der Waals surface area (Å²) < 4.78 is 5.18. The van der Waals surface area contributed by atoms with Crippen LogP contribution in [0.5, 0.6) is 11.5 Å². The Morgan fingerprint density at radius 1 is 1.03 bits per heavy atom. The summed E-state index contributed by atoms with van der Waals surface area (Å²) in [6.45, 7) is 4.37. The lowest BCUT2D eigenvalue weighted by Gasteiger charge is -2.32. The van der Waals surface area contributed by atoms with Gasteiger partial charge in [-0.25, -0.2) is 9.59 Å². The van der Waals surface area contributed by atoms with Crippen LogP contribution >= 0.6 is 0 Å². The Hall–Kier alpha value is -3.59. The van der Waals surface area contributed by atoms with Crippen molar-refractivity contribution in [2.75, 3.05) is 20.2 Å². The number of methoxy groups -OCH3 is 1. The second-order valence-corrected chi connectivity index (χ2v) is 7.77. The minimum atomic E-state index is -1.82. The molecule has 1 aliphatic heterocycles. The van der Waals surface area contributed by atoms with Crippen molar-refractivity contribution in [3.63, 3.8) is 0 Å². The zero-order valence-electron chi connectivity index (χ0n) is 18.7. The summed E-state index contributed by atoms with van der Waals surface area (Å²) in [6, 6.07) is 15.6. The zero-order chi connectivity index (χ0) is 24.4. The summed E-state index contributed by atoms with van der Waals surface area (Å²) in [4.78, 5) is 33.1. The van der Waals surface area contributed by atoms with Gasteiger partial charge in [0.15, 0.2) is 11.5 Å². The first-order chi connectivity index (χ1) is 15.7. The normalized spacial score (nSPS) is 15.0. The number of hydrogen-bond acceptors (Lipinski definition) is 6. The number of rotatable bonds is 6. The van der Waals surface area contributed by atoms with Crippen LogP contribution in [0.25, 0.3) is 0 Å². The molecule has 178 valence electrons. The lowest BCUT2D eigenvalue weighted by Crippen LogP contribution is -2.40. The Morgan fingerprint density at radius 3 is 2.18 bits per heavy atom. The van der Waals surface area contributed by atoms with Crippen LogP contribution in [0.2, 0.25) is 0 Å². The van der Waals surface area contributed by atoms with E-state index in [1.165, 1.54) is 0 Å². The smallest absolute Gasteiger partial charge is 0.414 e. The van der Waals surface area contributed by atoms with Crippen LogP contribution in [0.4, 0.5) is 0 Å². The molecule has 0 spiro atoms. The van der Waals surface area contributed by atoms with Gasteiger partial charge in [-0.05, 0) is 44.5 Å². The van der Waals surface area contributed by atoms with E-state index in [9.17, 15) is 9.90 Å². The second-order valence-electron chi connectivity index (χ2n) is 7.77. The van der Waals surface area contributed by atoms with Crippen molar-refractivity contribution in [3.8, 4) is 11.5 Å². The highest BCUT2D eigenvalue weighted by Crippen LogP contribution is 2.31. The molecular formula is C24H30N2O7. The third-order valence-corrected chi connectivity index (χ3v) is 5.50. The van der Waals surface area contributed by atoms with Crippen molar-refractivity contribution in [2.24, 2.45) is 5.92 Å². The molecule has 1 unspecified atom stereocenters. The molecule has 0 aliphatic carbocycles. The fourth-order valence-electron chi connectivity index (χ4n) is 3.61. The van der Waals surface area contributed by atoms with Gasteiger partial charge >= 0.3 is 11.9 Å². The number of benzene rings is 2. The van der Waals surface area contributed by atoms with Crippen molar-refractivity contribution in [3.05, 3.63) is 59.7 Å². The van der Waals surface area contributed by atoms with Gasteiger partial charge in [0.1, 0.15) is 0 Å². The number of nitrogens with zero attached hydrogens (tertiary/aromatic N) is 1. The van der Waals surface area contributed by atoms with Crippen LogP contribution in [-0.2, 0) is 20.9 Å². The molecule has 0 radical (unpaired) electrons. The molecule has 2 aromatic carbocycles. The highest BCUT2D eigenvalue weighted by molar-refractivity contribution is 6.27. The number of carboxylic acids is 2. The SMILES string of the molecule is COc1cccc(CN2CCC(C(=O)NC(C)c3ccccc3)CC2)c1O.O=C(O)C(=O)O. The van der Waals surface area contributed by atoms with Crippen LogP contribution < -0.4 is 10.1 Å². The van der Waals surface area contributed by atoms with E-state index in [0.29, 0.717) is 12.3 Å². The van der Waals surface area contributed by atoms with E-state index in [-0.39, 0.29) is 23.6 Å². The molecule has 2 aromatic rings. The number of ether oxygens (including phenoxy) is 1. The predicted molar refractivity (Wildman–Crippen MR) is 121 cm³/mol. The lowest BCUT2D eigenvalue weighted by molar-refractivity contribution is -0.159. The quantitative estimate of drug-likeness (QED) is 0.485. The molecule has 0 aromatic heterocycles. The summed E-state index contributed by atoms with van der Waals surface area (Å²) in [7, 11) is 1.55. The molecule has 9 nitrogen and oxygen atoms in total. The van der Waals surface area contributed by atoms with E-state index in [4.69, 9.17) is 24.5 Å². The number of aromatic hydroxyl groups is 1. The number of carbonyl (C=O) groups is 3. The minimum absolute atomic E-state index is 0.0189. The maximum Gasteiger partial charge on any atom is 0.414 e. The molecule has 1 saturated heterocycles. The van der Waals surface area contributed by atoms with E-state index in [0.717, 1.165) is 37.1 Å². The summed E-state index contributed by atoms with van der Waals surface area (Å²) >= 11 is 0. The predicted octanol–water partition coefficient (Wildman–Crippen LogP) is 2.65. The van der Waals surface area contributed by atoms with Crippen molar-refractivity contribution in [1.82, 2.24) is 10.2 Å². The number of carboxylic acid groups (broad SMARTS) is 2. The van der Waals surface area contributed by atoms with E-state index in [1.54, 1.807) is 13.2 Å². The first kappa shape index (κ1) is 25.7. The topological polar surface area (TPSA) is 136 Å². The van der Waals surface area contributed by atoms with Gasteiger partial charge in [-0.15, -0.1) is 0 Å². The zero-order valence-corrected chi connectivity index (χ0v) is 18.7. The number of hydrogen-bond donors (Lipinski definition) is 4. The first-order valence-corrected chi connectivity index (χ1v) is 10.6. The molecule has 0 saturated carbocycles. The van der Waals surface area contributed by atoms with Crippen molar-refractivity contribution in [2.45, 2.75) is 32.4 Å². The Bertz CT molecular complexity index is 929. The van der Waals surface area contributed by atoms with Crippen LogP contribution in [0.3, 0.4) is 0 Å². The number of amides is 1. The van der Waals surface area contributed by atoms with E-state index < -0.39 is 11.9 Å². The fourth-order valence-corrected chi connectivity index (χ4v) is 3.61. The van der Waals surface area contributed by atoms with Gasteiger partial charge in [-0.2, -0.15) is 0 Å². The average molecular weight is 459 g/mol.